The van der Waals surface area contributed by atoms with Gasteiger partial charge in [0.1, 0.15) is 22.4 Å². The number of nitriles is 1. The van der Waals surface area contributed by atoms with Gasteiger partial charge < -0.3 is 9.30 Å². The molecule has 0 unspecified atom stereocenters. The Morgan fingerprint density at radius 1 is 1.21 bits per heavy atom. The smallest absolute Gasteiger partial charge is 0.387 e. The van der Waals surface area contributed by atoms with Gasteiger partial charge >= 0.3 is 6.61 Å². The van der Waals surface area contributed by atoms with Crippen molar-refractivity contribution >= 4 is 20.9 Å². The van der Waals surface area contributed by atoms with Crippen molar-refractivity contribution in [3.63, 3.8) is 0 Å². The van der Waals surface area contributed by atoms with Gasteiger partial charge in [-0.05, 0) is 51.7 Å². The number of nitrogens with zero attached hydrogens (tertiary/aromatic N) is 4. The van der Waals surface area contributed by atoms with E-state index in [1.165, 1.54) is 30.6 Å². The summed E-state index contributed by atoms with van der Waals surface area (Å²) in [4.78, 5) is 8.42. The molecule has 2 aromatic heterocycles. The lowest BCUT2D eigenvalue weighted by molar-refractivity contribution is -0.0497. The minimum atomic E-state index is -3.78. The average Bonchev–Trinajstić information content (AvgIpc) is 3.54. The number of sulfonamides is 1. The third-order valence-electron chi connectivity index (χ3n) is 5.65. The van der Waals surface area contributed by atoms with Crippen molar-refractivity contribution in [2.24, 2.45) is 5.92 Å². The number of hydrogen-bond donors (Lipinski definition) is 1. The first-order chi connectivity index (χ1) is 15.6. The third-order valence-corrected chi connectivity index (χ3v) is 7.16. The van der Waals surface area contributed by atoms with Crippen LogP contribution >= 0.6 is 0 Å². The van der Waals surface area contributed by atoms with Gasteiger partial charge in [0.2, 0.25) is 10.0 Å². The fourth-order valence-electron chi connectivity index (χ4n) is 3.92. The van der Waals surface area contributed by atoms with E-state index in [4.69, 9.17) is 0 Å². The summed E-state index contributed by atoms with van der Waals surface area (Å²) in [6.45, 7) is 2.59. The monoisotopic (exact) mass is 475 g/mol. The number of aromatic nitrogens is 3. The maximum absolute atomic E-state index is 12.7. The van der Waals surface area contributed by atoms with E-state index in [1.54, 1.807) is 4.57 Å². The minimum absolute atomic E-state index is 0.0360. The first kappa shape index (κ1) is 23.1. The summed E-state index contributed by atoms with van der Waals surface area (Å²) in [6.07, 6.45) is 4.41. The van der Waals surface area contributed by atoms with Crippen molar-refractivity contribution in [3.05, 3.63) is 36.2 Å². The van der Waals surface area contributed by atoms with Crippen molar-refractivity contribution in [1.82, 2.24) is 19.3 Å². The van der Waals surface area contributed by atoms with Gasteiger partial charge in [-0.2, -0.15) is 14.0 Å². The Balaban J connectivity index is 1.78. The van der Waals surface area contributed by atoms with Crippen molar-refractivity contribution in [2.45, 2.75) is 57.2 Å². The van der Waals surface area contributed by atoms with E-state index in [-0.39, 0.29) is 34.1 Å². The van der Waals surface area contributed by atoms with Crippen LogP contribution in [0.3, 0.4) is 0 Å². The van der Waals surface area contributed by atoms with Gasteiger partial charge in [-0.1, -0.05) is 0 Å². The number of ether oxygens (including phenoxy) is 1. The van der Waals surface area contributed by atoms with E-state index in [1.807, 2.05) is 20.8 Å². The lowest BCUT2D eigenvalue weighted by atomic mass is 10.1. The normalized spacial score (nSPS) is 15.2. The third kappa shape index (κ3) is 4.54. The lowest BCUT2D eigenvalue weighted by Crippen LogP contribution is -2.34. The molecule has 2 heterocycles. The fraction of sp³-hybridized carbons (Fsp3) is 0.409. The Morgan fingerprint density at radius 2 is 1.88 bits per heavy atom. The largest absolute Gasteiger partial charge is 0.435 e. The fourth-order valence-corrected chi connectivity index (χ4v) is 5.12. The minimum Gasteiger partial charge on any atom is -0.435 e. The Kier molecular flexibility index (Phi) is 6.07. The molecule has 1 N–H and O–H groups in total. The molecular weight excluding hydrogens is 452 g/mol. The summed E-state index contributed by atoms with van der Waals surface area (Å²) in [6, 6.07) is 6.13. The molecule has 1 aliphatic rings. The standard InChI is InChI=1S/C22H23F2N5O3S/c1-12(2)29-19-8-15(32-22(23)24)6-7-17(19)18(9-25)20(29)21-26-10-16(11-27-21)33(30,31)28-13(3)14-4-5-14/h6-8,10-14,22,28H,4-5H2,1-3H3/t13-/m0/s1. The molecule has 0 radical (unpaired) electrons. The van der Waals surface area contributed by atoms with E-state index in [0.717, 1.165) is 12.8 Å². The summed E-state index contributed by atoms with van der Waals surface area (Å²) in [5.74, 6) is 0.465. The van der Waals surface area contributed by atoms with Crippen molar-refractivity contribution in [3.8, 4) is 23.3 Å². The molecule has 3 aromatic rings. The molecule has 1 fully saturated rings. The quantitative estimate of drug-likeness (QED) is 0.522. The van der Waals surface area contributed by atoms with Crippen molar-refractivity contribution < 1.29 is 21.9 Å². The molecule has 174 valence electrons. The molecule has 1 aromatic carbocycles. The van der Waals surface area contributed by atoms with Crippen LogP contribution < -0.4 is 9.46 Å². The van der Waals surface area contributed by atoms with Crippen LogP contribution in [0.5, 0.6) is 5.75 Å². The Hall–Kier alpha value is -3.10. The predicted octanol–water partition coefficient (Wildman–Crippen LogP) is 4.23. The second-order valence-corrected chi connectivity index (χ2v) is 10.1. The molecule has 0 bridgehead atoms. The molecule has 4 rings (SSSR count). The van der Waals surface area contributed by atoms with Crippen LogP contribution in [-0.2, 0) is 10.0 Å². The predicted molar refractivity (Wildman–Crippen MR) is 117 cm³/mol. The molecule has 1 saturated carbocycles. The zero-order valence-electron chi connectivity index (χ0n) is 18.3. The van der Waals surface area contributed by atoms with Gasteiger partial charge in [0, 0.05) is 23.5 Å². The van der Waals surface area contributed by atoms with Crippen LogP contribution in [0.25, 0.3) is 22.4 Å². The second kappa shape index (κ2) is 8.68. The highest BCUT2D eigenvalue weighted by Crippen LogP contribution is 2.37. The highest BCUT2D eigenvalue weighted by Gasteiger charge is 2.31. The van der Waals surface area contributed by atoms with Crippen molar-refractivity contribution in [1.29, 1.82) is 5.26 Å². The Morgan fingerprint density at radius 3 is 2.42 bits per heavy atom. The van der Waals surface area contributed by atoms with E-state index in [0.29, 0.717) is 22.5 Å². The summed E-state index contributed by atoms with van der Waals surface area (Å²) in [5.41, 5.74) is 1.15. The number of alkyl halides is 2. The first-order valence-corrected chi connectivity index (χ1v) is 12.0. The highest BCUT2D eigenvalue weighted by molar-refractivity contribution is 7.89. The van der Waals surface area contributed by atoms with E-state index >= 15 is 0 Å². The summed E-state index contributed by atoms with van der Waals surface area (Å²) < 4.78 is 59.6. The SMILES string of the molecule is CC(C)n1c(-c2ncc(S(=O)(=O)N[C@@H](C)C3CC3)cn2)c(C#N)c2ccc(OC(F)F)cc21. The molecule has 11 heteroatoms. The van der Waals surface area contributed by atoms with Crippen LogP contribution in [0.2, 0.25) is 0 Å². The maximum Gasteiger partial charge on any atom is 0.387 e. The van der Waals surface area contributed by atoms with E-state index in [9.17, 15) is 22.5 Å². The molecule has 33 heavy (non-hydrogen) atoms. The van der Waals surface area contributed by atoms with Crippen LogP contribution in [0.15, 0.2) is 35.5 Å². The number of rotatable bonds is 8. The summed E-state index contributed by atoms with van der Waals surface area (Å²) in [5, 5.41) is 10.4. The van der Waals surface area contributed by atoms with Gasteiger partial charge in [-0.15, -0.1) is 0 Å². The van der Waals surface area contributed by atoms with Crippen LogP contribution in [0, 0.1) is 17.2 Å². The molecule has 0 aliphatic heterocycles. The molecule has 1 atom stereocenters. The topological polar surface area (TPSA) is 110 Å². The second-order valence-electron chi connectivity index (χ2n) is 8.35. The molecule has 0 saturated heterocycles. The van der Waals surface area contributed by atoms with Crippen LogP contribution in [-0.4, -0.2) is 35.6 Å². The van der Waals surface area contributed by atoms with Crippen molar-refractivity contribution in [2.75, 3.05) is 0 Å². The van der Waals surface area contributed by atoms with Crippen LogP contribution in [0.1, 0.15) is 45.2 Å². The van der Waals surface area contributed by atoms with E-state index < -0.39 is 16.6 Å². The Labute approximate surface area is 190 Å². The van der Waals surface area contributed by atoms with Gasteiger partial charge in [0.05, 0.1) is 23.5 Å². The van der Waals surface area contributed by atoms with Gasteiger partial charge in [-0.3, -0.25) is 0 Å². The number of halogens is 2. The van der Waals surface area contributed by atoms with Gasteiger partial charge in [0.25, 0.3) is 0 Å². The molecule has 0 spiro atoms. The highest BCUT2D eigenvalue weighted by atomic mass is 32.2. The summed E-state index contributed by atoms with van der Waals surface area (Å²) >= 11 is 0. The molecule has 1 aliphatic carbocycles. The molecule has 0 amide bonds. The lowest BCUT2D eigenvalue weighted by Gasteiger charge is -2.15. The number of hydrogen-bond acceptors (Lipinski definition) is 6. The zero-order chi connectivity index (χ0) is 23.9. The van der Waals surface area contributed by atoms with Gasteiger partial charge in [0.15, 0.2) is 5.82 Å². The Bertz CT molecular complexity index is 1330. The molecule has 8 nitrogen and oxygen atoms in total. The molecular formula is C22H23F2N5O3S. The number of fused-ring (bicyclic) bond motifs is 1. The maximum atomic E-state index is 12.7. The van der Waals surface area contributed by atoms with Crippen LogP contribution in [0.4, 0.5) is 8.78 Å². The summed E-state index contributed by atoms with van der Waals surface area (Å²) in [7, 11) is -3.78. The zero-order valence-corrected chi connectivity index (χ0v) is 19.1. The number of nitrogens with one attached hydrogen (secondary N) is 1. The first-order valence-electron chi connectivity index (χ1n) is 10.5. The average molecular weight is 476 g/mol. The van der Waals surface area contributed by atoms with Gasteiger partial charge in [-0.25, -0.2) is 23.1 Å². The number of benzene rings is 1. The van der Waals surface area contributed by atoms with E-state index in [2.05, 4.69) is 25.5 Å².